The van der Waals surface area contributed by atoms with Crippen LogP contribution in [-0.4, -0.2) is 16.1 Å². The van der Waals surface area contributed by atoms with Gasteiger partial charge in [-0.15, -0.1) is 0 Å². The molecule has 0 aliphatic carbocycles. The zero-order valence-corrected chi connectivity index (χ0v) is 11.8. The average molecular weight is 303 g/mol. The van der Waals surface area contributed by atoms with E-state index in [0.29, 0.717) is 11.4 Å². The SMILES string of the molecule is Cc1ccc(-c2nc3cc(N)c(C(=O)O)c(Cl)c3o2)cc1. The number of anilines is 1. The Morgan fingerprint density at radius 3 is 2.62 bits per heavy atom. The molecule has 3 aromatic rings. The minimum absolute atomic E-state index is 0.0386. The number of hydrogen-bond acceptors (Lipinski definition) is 4. The molecule has 0 amide bonds. The van der Waals surface area contributed by atoms with E-state index in [9.17, 15) is 4.79 Å². The number of carboxylic acid groups (broad SMARTS) is 1. The highest BCUT2D eigenvalue weighted by Crippen LogP contribution is 2.34. The summed E-state index contributed by atoms with van der Waals surface area (Å²) < 4.78 is 5.61. The highest BCUT2D eigenvalue weighted by molar-refractivity contribution is 6.38. The number of benzene rings is 2. The fraction of sp³-hybridized carbons (Fsp3) is 0.0667. The van der Waals surface area contributed by atoms with Crippen LogP contribution in [0.1, 0.15) is 15.9 Å². The minimum Gasteiger partial charge on any atom is -0.478 e. The van der Waals surface area contributed by atoms with Crippen molar-refractivity contribution in [1.29, 1.82) is 0 Å². The number of oxazole rings is 1. The highest BCUT2D eigenvalue weighted by Gasteiger charge is 2.20. The molecule has 106 valence electrons. The van der Waals surface area contributed by atoms with Gasteiger partial charge in [-0.2, -0.15) is 0 Å². The van der Waals surface area contributed by atoms with E-state index in [0.717, 1.165) is 11.1 Å². The molecule has 0 fully saturated rings. The number of nitrogens with zero attached hydrogens (tertiary/aromatic N) is 1. The lowest BCUT2D eigenvalue weighted by Gasteiger charge is -2.02. The van der Waals surface area contributed by atoms with Crippen molar-refractivity contribution in [3.63, 3.8) is 0 Å². The molecule has 0 bridgehead atoms. The fourth-order valence-electron chi connectivity index (χ4n) is 2.08. The van der Waals surface area contributed by atoms with E-state index in [4.69, 9.17) is 26.9 Å². The van der Waals surface area contributed by atoms with Gasteiger partial charge in [0.05, 0.1) is 5.69 Å². The van der Waals surface area contributed by atoms with Crippen LogP contribution < -0.4 is 5.73 Å². The summed E-state index contributed by atoms with van der Waals surface area (Å²) in [5.41, 5.74) is 8.14. The van der Waals surface area contributed by atoms with Crippen molar-refractivity contribution in [2.45, 2.75) is 6.92 Å². The second-order valence-electron chi connectivity index (χ2n) is 4.69. The van der Waals surface area contributed by atoms with E-state index in [2.05, 4.69) is 4.98 Å². The zero-order valence-electron chi connectivity index (χ0n) is 11.1. The molecular weight excluding hydrogens is 292 g/mol. The van der Waals surface area contributed by atoms with Crippen molar-refractivity contribution in [1.82, 2.24) is 4.98 Å². The molecule has 3 N–H and O–H groups in total. The van der Waals surface area contributed by atoms with Crippen molar-refractivity contribution in [3.05, 3.63) is 46.5 Å². The Hall–Kier alpha value is -2.53. The topological polar surface area (TPSA) is 89.3 Å². The monoisotopic (exact) mass is 302 g/mol. The summed E-state index contributed by atoms with van der Waals surface area (Å²) in [5.74, 6) is -0.832. The van der Waals surface area contributed by atoms with Crippen molar-refractivity contribution in [2.75, 3.05) is 5.73 Å². The quantitative estimate of drug-likeness (QED) is 0.704. The summed E-state index contributed by atoms with van der Waals surface area (Å²) in [6, 6.07) is 9.06. The molecular formula is C15H11ClN2O3. The van der Waals surface area contributed by atoms with Crippen LogP contribution in [0.4, 0.5) is 5.69 Å². The first-order chi connectivity index (χ1) is 9.97. The molecule has 1 heterocycles. The van der Waals surface area contributed by atoms with Crippen molar-refractivity contribution >= 4 is 34.4 Å². The lowest BCUT2D eigenvalue weighted by Crippen LogP contribution is -2.03. The maximum absolute atomic E-state index is 11.2. The maximum Gasteiger partial charge on any atom is 0.339 e. The normalized spacial score (nSPS) is 11.0. The van der Waals surface area contributed by atoms with Gasteiger partial charge in [-0.25, -0.2) is 9.78 Å². The van der Waals surface area contributed by atoms with Gasteiger partial charge in [0.25, 0.3) is 0 Å². The molecule has 0 spiro atoms. The molecule has 0 unspecified atom stereocenters. The van der Waals surface area contributed by atoms with Crippen LogP contribution in [0.3, 0.4) is 0 Å². The van der Waals surface area contributed by atoms with E-state index >= 15 is 0 Å². The Labute approximate surface area is 125 Å². The molecule has 2 aromatic carbocycles. The summed E-state index contributed by atoms with van der Waals surface area (Å²) in [5, 5.41) is 9.10. The third-order valence-electron chi connectivity index (χ3n) is 3.17. The molecule has 0 atom stereocenters. The number of carbonyl (C=O) groups is 1. The van der Waals surface area contributed by atoms with Crippen molar-refractivity contribution in [2.24, 2.45) is 0 Å². The summed E-state index contributed by atoms with van der Waals surface area (Å²) in [7, 11) is 0. The molecule has 1 aromatic heterocycles. The Kier molecular flexibility index (Phi) is 3.07. The summed E-state index contributed by atoms with van der Waals surface area (Å²) in [6.45, 7) is 1.98. The lowest BCUT2D eigenvalue weighted by atomic mass is 10.1. The molecule has 3 rings (SSSR count). The molecule has 0 radical (unpaired) electrons. The predicted octanol–water partition coefficient (Wildman–Crippen LogP) is 3.74. The molecule has 21 heavy (non-hydrogen) atoms. The van der Waals surface area contributed by atoms with Gasteiger partial charge in [-0.3, -0.25) is 0 Å². The zero-order chi connectivity index (χ0) is 15.1. The molecule has 0 aliphatic rings. The third kappa shape index (κ3) is 2.21. The van der Waals surface area contributed by atoms with Gasteiger partial charge >= 0.3 is 5.97 Å². The van der Waals surface area contributed by atoms with E-state index in [-0.39, 0.29) is 21.9 Å². The number of rotatable bonds is 2. The van der Waals surface area contributed by atoms with Crippen molar-refractivity contribution in [3.8, 4) is 11.5 Å². The van der Waals surface area contributed by atoms with E-state index in [1.54, 1.807) is 0 Å². The van der Waals surface area contributed by atoms with Crippen LogP contribution in [0.15, 0.2) is 34.7 Å². The Balaban J connectivity index is 2.23. The lowest BCUT2D eigenvalue weighted by molar-refractivity contribution is 0.0698. The van der Waals surface area contributed by atoms with E-state index < -0.39 is 5.97 Å². The molecule has 0 saturated carbocycles. The van der Waals surface area contributed by atoms with Gasteiger partial charge in [0.1, 0.15) is 16.1 Å². The van der Waals surface area contributed by atoms with Gasteiger partial charge in [0, 0.05) is 5.56 Å². The molecule has 5 nitrogen and oxygen atoms in total. The van der Waals surface area contributed by atoms with Crippen LogP contribution in [0.25, 0.3) is 22.6 Å². The predicted molar refractivity (Wildman–Crippen MR) is 80.6 cm³/mol. The minimum atomic E-state index is -1.20. The summed E-state index contributed by atoms with van der Waals surface area (Å²) in [6.07, 6.45) is 0. The number of nitrogens with two attached hydrogens (primary N) is 1. The van der Waals surface area contributed by atoms with Gasteiger partial charge in [-0.1, -0.05) is 29.3 Å². The summed E-state index contributed by atoms with van der Waals surface area (Å²) >= 11 is 6.07. The average Bonchev–Trinajstić information content (AvgIpc) is 2.83. The number of nitrogen functional groups attached to an aromatic ring is 1. The van der Waals surface area contributed by atoms with Gasteiger partial charge in [0.2, 0.25) is 5.89 Å². The van der Waals surface area contributed by atoms with Gasteiger partial charge in [-0.05, 0) is 25.1 Å². The van der Waals surface area contributed by atoms with Gasteiger partial charge < -0.3 is 15.3 Å². The Morgan fingerprint density at radius 2 is 2.00 bits per heavy atom. The van der Waals surface area contributed by atoms with Crippen LogP contribution in [0, 0.1) is 6.92 Å². The van der Waals surface area contributed by atoms with E-state index in [1.165, 1.54) is 6.07 Å². The smallest absolute Gasteiger partial charge is 0.339 e. The van der Waals surface area contributed by atoms with Crippen LogP contribution in [0.2, 0.25) is 5.02 Å². The first-order valence-corrected chi connectivity index (χ1v) is 6.54. The summed E-state index contributed by atoms with van der Waals surface area (Å²) in [4.78, 5) is 15.5. The largest absolute Gasteiger partial charge is 0.478 e. The second kappa shape index (κ2) is 4.79. The number of carboxylic acids is 1. The first kappa shape index (κ1) is 13.5. The second-order valence-corrected chi connectivity index (χ2v) is 5.07. The van der Waals surface area contributed by atoms with Crippen LogP contribution in [-0.2, 0) is 0 Å². The third-order valence-corrected chi connectivity index (χ3v) is 3.53. The fourth-order valence-corrected chi connectivity index (χ4v) is 2.41. The standard InChI is InChI=1S/C15H11ClN2O3/c1-7-2-4-8(5-3-7)14-18-10-6-9(17)11(15(19)20)12(16)13(10)21-14/h2-6H,17H2,1H3,(H,19,20). The first-order valence-electron chi connectivity index (χ1n) is 6.16. The number of aryl methyl sites for hydroxylation is 1. The number of fused-ring (bicyclic) bond motifs is 1. The molecule has 0 saturated heterocycles. The van der Waals surface area contributed by atoms with Crippen LogP contribution >= 0.6 is 11.6 Å². The van der Waals surface area contributed by atoms with E-state index in [1.807, 2.05) is 31.2 Å². The Bertz CT molecular complexity index is 853. The number of aromatic carboxylic acids is 1. The molecule has 0 aliphatic heterocycles. The Morgan fingerprint density at radius 1 is 1.33 bits per heavy atom. The number of hydrogen-bond donors (Lipinski definition) is 2. The number of aromatic nitrogens is 1. The highest BCUT2D eigenvalue weighted by atomic mass is 35.5. The van der Waals surface area contributed by atoms with Crippen LogP contribution in [0.5, 0.6) is 0 Å². The number of halogens is 1. The van der Waals surface area contributed by atoms with Crippen molar-refractivity contribution < 1.29 is 14.3 Å². The molecule has 6 heteroatoms. The van der Waals surface area contributed by atoms with Gasteiger partial charge in [0.15, 0.2) is 5.58 Å². The maximum atomic E-state index is 11.2.